The third kappa shape index (κ3) is 3.13. The Labute approximate surface area is 110 Å². The van der Waals surface area contributed by atoms with Gasteiger partial charge in [-0.2, -0.15) is 0 Å². The van der Waals surface area contributed by atoms with Crippen molar-refractivity contribution < 1.29 is 13.9 Å². The fraction of sp³-hybridized carbons (Fsp3) is 0.214. The van der Waals surface area contributed by atoms with Gasteiger partial charge in [0.1, 0.15) is 5.82 Å². The number of halogens is 1. The molecule has 1 aromatic carbocycles. The third-order valence-corrected chi connectivity index (χ3v) is 2.76. The van der Waals surface area contributed by atoms with E-state index in [0.29, 0.717) is 12.2 Å². The molecule has 0 saturated heterocycles. The van der Waals surface area contributed by atoms with Crippen LogP contribution in [0.4, 0.5) is 10.1 Å². The molecule has 2 rings (SSSR count). The molecule has 19 heavy (non-hydrogen) atoms. The van der Waals surface area contributed by atoms with E-state index in [0.717, 1.165) is 5.56 Å². The molecule has 5 heteroatoms. The summed E-state index contributed by atoms with van der Waals surface area (Å²) in [6, 6.07) is 5.97. The second kappa shape index (κ2) is 5.56. The SMILES string of the molecule is COC(=O)c1cc(F)ccc1NCc1ccn(C)c1. The van der Waals surface area contributed by atoms with Gasteiger partial charge in [-0.1, -0.05) is 0 Å². The predicted octanol–water partition coefficient (Wildman–Crippen LogP) is 2.56. The van der Waals surface area contributed by atoms with E-state index in [9.17, 15) is 9.18 Å². The summed E-state index contributed by atoms with van der Waals surface area (Å²) in [5, 5.41) is 3.10. The number of aryl methyl sites for hydroxylation is 1. The smallest absolute Gasteiger partial charge is 0.340 e. The van der Waals surface area contributed by atoms with Gasteiger partial charge in [-0.25, -0.2) is 9.18 Å². The minimum absolute atomic E-state index is 0.193. The molecule has 100 valence electrons. The monoisotopic (exact) mass is 262 g/mol. The van der Waals surface area contributed by atoms with Gasteiger partial charge in [0.15, 0.2) is 0 Å². The lowest BCUT2D eigenvalue weighted by molar-refractivity contribution is 0.0601. The Morgan fingerprint density at radius 1 is 1.42 bits per heavy atom. The molecule has 1 N–H and O–H groups in total. The van der Waals surface area contributed by atoms with Crippen molar-refractivity contribution in [1.29, 1.82) is 0 Å². The van der Waals surface area contributed by atoms with Gasteiger partial charge in [0.05, 0.1) is 12.7 Å². The van der Waals surface area contributed by atoms with Gasteiger partial charge < -0.3 is 14.6 Å². The topological polar surface area (TPSA) is 43.3 Å². The highest BCUT2D eigenvalue weighted by molar-refractivity contribution is 5.95. The Morgan fingerprint density at radius 3 is 2.84 bits per heavy atom. The first kappa shape index (κ1) is 13.1. The van der Waals surface area contributed by atoms with Crippen LogP contribution in [-0.2, 0) is 18.3 Å². The molecule has 0 unspecified atom stereocenters. The normalized spacial score (nSPS) is 10.3. The first-order chi connectivity index (χ1) is 9.10. The van der Waals surface area contributed by atoms with Crippen LogP contribution in [-0.4, -0.2) is 17.6 Å². The summed E-state index contributed by atoms with van der Waals surface area (Å²) >= 11 is 0. The van der Waals surface area contributed by atoms with Gasteiger partial charge in [0.2, 0.25) is 0 Å². The quantitative estimate of drug-likeness (QED) is 0.861. The van der Waals surface area contributed by atoms with Crippen LogP contribution in [0.2, 0.25) is 0 Å². The van der Waals surface area contributed by atoms with E-state index >= 15 is 0 Å². The summed E-state index contributed by atoms with van der Waals surface area (Å²) in [6.07, 6.45) is 3.90. The highest BCUT2D eigenvalue weighted by atomic mass is 19.1. The average Bonchev–Trinajstić information content (AvgIpc) is 2.82. The zero-order valence-corrected chi connectivity index (χ0v) is 10.8. The molecule has 1 aromatic heterocycles. The molecule has 0 amide bonds. The molecule has 0 radical (unpaired) electrons. The van der Waals surface area contributed by atoms with Gasteiger partial charge in [-0.3, -0.25) is 0 Å². The predicted molar refractivity (Wildman–Crippen MR) is 70.5 cm³/mol. The molecule has 0 aliphatic rings. The first-order valence-electron chi connectivity index (χ1n) is 5.82. The van der Waals surface area contributed by atoms with Crippen molar-refractivity contribution in [2.24, 2.45) is 7.05 Å². The van der Waals surface area contributed by atoms with Crippen molar-refractivity contribution in [3.63, 3.8) is 0 Å². The fourth-order valence-corrected chi connectivity index (χ4v) is 1.81. The highest BCUT2D eigenvalue weighted by Gasteiger charge is 2.12. The standard InChI is InChI=1S/C14H15FN2O2/c1-17-6-5-10(9-17)8-16-13-4-3-11(15)7-12(13)14(18)19-2/h3-7,9,16H,8H2,1-2H3. The van der Waals surface area contributed by atoms with Crippen molar-refractivity contribution in [2.45, 2.75) is 6.54 Å². The molecule has 0 bridgehead atoms. The molecule has 0 fully saturated rings. The van der Waals surface area contributed by atoms with Crippen LogP contribution >= 0.6 is 0 Å². The minimum Gasteiger partial charge on any atom is -0.465 e. The number of anilines is 1. The second-order valence-electron chi connectivity index (χ2n) is 4.22. The van der Waals surface area contributed by atoms with Crippen LogP contribution in [0.3, 0.4) is 0 Å². The number of nitrogens with zero attached hydrogens (tertiary/aromatic N) is 1. The number of nitrogens with one attached hydrogen (secondary N) is 1. The summed E-state index contributed by atoms with van der Waals surface area (Å²) in [7, 11) is 3.20. The van der Waals surface area contributed by atoms with Gasteiger partial charge >= 0.3 is 5.97 Å². The summed E-state index contributed by atoms with van der Waals surface area (Å²) in [5.41, 5.74) is 1.82. The second-order valence-corrected chi connectivity index (χ2v) is 4.22. The number of esters is 1. The number of aromatic nitrogens is 1. The maximum Gasteiger partial charge on any atom is 0.340 e. The van der Waals surface area contributed by atoms with E-state index in [1.807, 2.05) is 30.1 Å². The van der Waals surface area contributed by atoms with Crippen molar-refractivity contribution in [1.82, 2.24) is 4.57 Å². The Morgan fingerprint density at radius 2 is 2.21 bits per heavy atom. The number of rotatable bonds is 4. The molecule has 0 aliphatic heterocycles. The van der Waals surface area contributed by atoms with Crippen LogP contribution in [0, 0.1) is 5.82 Å². The molecule has 0 atom stereocenters. The van der Waals surface area contributed by atoms with E-state index in [4.69, 9.17) is 0 Å². The number of hydrogen-bond acceptors (Lipinski definition) is 3. The van der Waals surface area contributed by atoms with Gasteiger partial charge in [0, 0.05) is 31.7 Å². The van der Waals surface area contributed by atoms with E-state index in [1.54, 1.807) is 0 Å². The highest BCUT2D eigenvalue weighted by Crippen LogP contribution is 2.19. The first-order valence-corrected chi connectivity index (χ1v) is 5.82. The Kier molecular flexibility index (Phi) is 3.85. The Bertz CT molecular complexity index is 593. The molecular formula is C14H15FN2O2. The Balaban J connectivity index is 2.17. The van der Waals surface area contributed by atoms with Crippen molar-refractivity contribution in [2.75, 3.05) is 12.4 Å². The zero-order chi connectivity index (χ0) is 13.8. The molecule has 1 heterocycles. The number of methoxy groups -OCH3 is 1. The van der Waals surface area contributed by atoms with Crippen molar-refractivity contribution in [3.8, 4) is 0 Å². The van der Waals surface area contributed by atoms with Crippen LogP contribution in [0.25, 0.3) is 0 Å². The van der Waals surface area contributed by atoms with Crippen molar-refractivity contribution in [3.05, 3.63) is 53.6 Å². The molecule has 0 aliphatic carbocycles. The van der Waals surface area contributed by atoms with Crippen LogP contribution in [0.1, 0.15) is 15.9 Å². The summed E-state index contributed by atoms with van der Waals surface area (Å²) in [5.74, 6) is -1.03. The summed E-state index contributed by atoms with van der Waals surface area (Å²) in [6.45, 7) is 0.552. The van der Waals surface area contributed by atoms with Gasteiger partial charge in [-0.05, 0) is 29.8 Å². The Hall–Kier alpha value is -2.30. The molecule has 2 aromatic rings. The maximum atomic E-state index is 13.2. The zero-order valence-electron chi connectivity index (χ0n) is 10.8. The largest absolute Gasteiger partial charge is 0.465 e. The maximum absolute atomic E-state index is 13.2. The number of hydrogen-bond donors (Lipinski definition) is 1. The van der Waals surface area contributed by atoms with E-state index < -0.39 is 11.8 Å². The average molecular weight is 262 g/mol. The lowest BCUT2D eigenvalue weighted by atomic mass is 10.1. The number of benzene rings is 1. The van der Waals surface area contributed by atoms with E-state index in [-0.39, 0.29) is 5.56 Å². The van der Waals surface area contributed by atoms with Crippen LogP contribution in [0.15, 0.2) is 36.7 Å². The fourth-order valence-electron chi connectivity index (χ4n) is 1.81. The van der Waals surface area contributed by atoms with Gasteiger partial charge in [-0.15, -0.1) is 0 Å². The van der Waals surface area contributed by atoms with E-state index in [1.165, 1.54) is 25.3 Å². The minimum atomic E-state index is -0.560. The number of carbonyl (C=O) groups is 1. The molecule has 4 nitrogen and oxygen atoms in total. The lowest BCUT2D eigenvalue weighted by Gasteiger charge is -2.10. The van der Waals surface area contributed by atoms with Crippen LogP contribution < -0.4 is 5.32 Å². The lowest BCUT2D eigenvalue weighted by Crippen LogP contribution is -2.08. The van der Waals surface area contributed by atoms with Crippen LogP contribution in [0.5, 0.6) is 0 Å². The molecule has 0 spiro atoms. The summed E-state index contributed by atoms with van der Waals surface area (Å²) < 4.78 is 19.7. The van der Waals surface area contributed by atoms with Crippen molar-refractivity contribution >= 4 is 11.7 Å². The molecule has 0 saturated carbocycles. The van der Waals surface area contributed by atoms with E-state index in [2.05, 4.69) is 10.1 Å². The third-order valence-electron chi connectivity index (χ3n) is 2.76. The number of carbonyl (C=O) groups excluding carboxylic acids is 1. The van der Waals surface area contributed by atoms with Gasteiger partial charge in [0.25, 0.3) is 0 Å². The number of ether oxygens (including phenoxy) is 1. The molecular weight excluding hydrogens is 247 g/mol. The summed E-state index contributed by atoms with van der Waals surface area (Å²) in [4.78, 5) is 11.6.